The molecule has 0 amide bonds. The molecular formula is C16H15F3O4S. The van der Waals surface area contributed by atoms with Crippen LogP contribution in [-0.2, 0) is 27.5 Å². The van der Waals surface area contributed by atoms with Crippen LogP contribution in [0, 0.1) is 0 Å². The van der Waals surface area contributed by atoms with Crippen molar-refractivity contribution >= 4 is 10.1 Å². The summed E-state index contributed by atoms with van der Waals surface area (Å²) in [5, 5.41) is 0. The van der Waals surface area contributed by atoms with Gasteiger partial charge in [-0.15, -0.1) is 0 Å². The normalized spacial score (nSPS) is 12.2. The molecule has 0 saturated heterocycles. The molecule has 0 unspecified atom stereocenters. The average Bonchev–Trinajstić information content (AvgIpc) is 2.53. The highest BCUT2D eigenvalue weighted by Gasteiger charge is 2.32. The Labute approximate surface area is 138 Å². The molecule has 2 aromatic carbocycles. The molecule has 0 atom stereocenters. The highest BCUT2D eigenvalue weighted by Crippen LogP contribution is 2.31. The van der Waals surface area contributed by atoms with Crippen LogP contribution in [0.1, 0.15) is 11.1 Å². The first-order valence-corrected chi connectivity index (χ1v) is 8.33. The van der Waals surface area contributed by atoms with Crippen molar-refractivity contribution in [2.75, 3.05) is 13.7 Å². The van der Waals surface area contributed by atoms with E-state index in [1.165, 1.54) is 12.1 Å². The predicted molar refractivity (Wildman–Crippen MR) is 81.3 cm³/mol. The fraction of sp³-hybridized carbons (Fsp3) is 0.250. The van der Waals surface area contributed by atoms with Crippen molar-refractivity contribution in [2.45, 2.75) is 17.5 Å². The third-order valence-electron chi connectivity index (χ3n) is 3.17. The van der Waals surface area contributed by atoms with Crippen molar-refractivity contribution < 1.29 is 30.5 Å². The van der Waals surface area contributed by atoms with Crippen molar-refractivity contribution in [1.29, 1.82) is 0 Å². The van der Waals surface area contributed by atoms with Gasteiger partial charge in [-0.25, -0.2) is 0 Å². The molecule has 2 aromatic rings. The molecule has 24 heavy (non-hydrogen) atoms. The SMILES string of the molecule is COCCc1ccc(OS(=O)(=O)c2cccc(C(F)(F)F)c2)cc1. The number of hydrogen-bond donors (Lipinski definition) is 0. The topological polar surface area (TPSA) is 52.6 Å². The lowest BCUT2D eigenvalue weighted by Gasteiger charge is -2.10. The Kier molecular flexibility index (Phi) is 5.51. The van der Waals surface area contributed by atoms with Gasteiger partial charge in [-0.3, -0.25) is 0 Å². The molecule has 4 nitrogen and oxygen atoms in total. The minimum atomic E-state index is -4.63. The monoisotopic (exact) mass is 360 g/mol. The maximum absolute atomic E-state index is 12.7. The van der Waals surface area contributed by atoms with E-state index >= 15 is 0 Å². The molecule has 0 aliphatic carbocycles. The lowest BCUT2D eigenvalue weighted by atomic mass is 10.1. The summed E-state index contributed by atoms with van der Waals surface area (Å²) < 4.78 is 72.1. The Bertz CT molecular complexity index is 784. The largest absolute Gasteiger partial charge is 0.416 e. The highest BCUT2D eigenvalue weighted by molar-refractivity contribution is 7.87. The van der Waals surface area contributed by atoms with Gasteiger partial charge < -0.3 is 8.92 Å². The van der Waals surface area contributed by atoms with Crippen LogP contribution in [0.4, 0.5) is 13.2 Å². The van der Waals surface area contributed by atoms with Crippen LogP contribution in [0.2, 0.25) is 0 Å². The lowest BCUT2D eigenvalue weighted by molar-refractivity contribution is -0.137. The van der Waals surface area contributed by atoms with Crippen LogP contribution in [-0.4, -0.2) is 22.1 Å². The third-order valence-corrected chi connectivity index (χ3v) is 4.42. The number of rotatable bonds is 6. The van der Waals surface area contributed by atoms with Gasteiger partial charge in [0.05, 0.1) is 12.2 Å². The van der Waals surface area contributed by atoms with Crippen LogP contribution < -0.4 is 4.18 Å². The Morgan fingerprint density at radius 1 is 1.04 bits per heavy atom. The zero-order valence-corrected chi connectivity index (χ0v) is 13.5. The lowest BCUT2D eigenvalue weighted by Crippen LogP contribution is -2.12. The molecule has 0 aliphatic heterocycles. The Morgan fingerprint density at radius 3 is 2.29 bits per heavy atom. The summed E-state index contributed by atoms with van der Waals surface area (Å²) in [6.45, 7) is 0.517. The van der Waals surface area contributed by atoms with E-state index in [1.54, 1.807) is 19.2 Å². The number of ether oxygens (including phenoxy) is 1. The number of benzene rings is 2. The van der Waals surface area contributed by atoms with Crippen molar-refractivity contribution in [1.82, 2.24) is 0 Å². The van der Waals surface area contributed by atoms with Crippen LogP contribution in [0.3, 0.4) is 0 Å². The van der Waals surface area contributed by atoms with Crippen LogP contribution in [0.5, 0.6) is 5.75 Å². The molecule has 0 N–H and O–H groups in total. The average molecular weight is 360 g/mol. The van der Waals surface area contributed by atoms with E-state index in [0.29, 0.717) is 19.1 Å². The zero-order valence-electron chi connectivity index (χ0n) is 12.7. The summed E-state index contributed by atoms with van der Waals surface area (Å²) in [4.78, 5) is -0.555. The second-order valence-corrected chi connectivity index (χ2v) is 6.50. The quantitative estimate of drug-likeness (QED) is 0.738. The predicted octanol–water partition coefficient (Wildman–Crippen LogP) is 3.66. The summed E-state index contributed by atoms with van der Waals surface area (Å²) in [5.41, 5.74) is -0.136. The first kappa shape index (κ1) is 18.3. The summed E-state index contributed by atoms with van der Waals surface area (Å²) in [5.74, 6) is 0.0218. The molecule has 2 rings (SSSR count). The van der Waals surface area contributed by atoms with E-state index in [9.17, 15) is 21.6 Å². The molecule has 0 saturated carbocycles. The minimum Gasteiger partial charge on any atom is -0.384 e. The Hall–Kier alpha value is -2.06. The van der Waals surface area contributed by atoms with E-state index in [2.05, 4.69) is 0 Å². The molecule has 0 aliphatic rings. The van der Waals surface area contributed by atoms with Crippen LogP contribution in [0.15, 0.2) is 53.4 Å². The van der Waals surface area contributed by atoms with Crippen molar-refractivity contribution in [3.8, 4) is 5.75 Å². The molecule has 0 radical (unpaired) electrons. The standard InChI is InChI=1S/C16H15F3O4S/c1-22-10-9-12-5-7-14(8-6-12)23-24(20,21)15-4-2-3-13(11-15)16(17,18)19/h2-8,11H,9-10H2,1H3. The number of halogens is 3. The smallest absolute Gasteiger partial charge is 0.384 e. The first-order valence-electron chi connectivity index (χ1n) is 6.92. The van der Waals surface area contributed by atoms with Gasteiger partial charge in [-0.2, -0.15) is 21.6 Å². The van der Waals surface area contributed by atoms with E-state index in [-0.39, 0.29) is 5.75 Å². The fourth-order valence-corrected chi connectivity index (χ4v) is 2.91. The van der Waals surface area contributed by atoms with Gasteiger partial charge in [0.25, 0.3) is 0 Å². The van der Waals surface area contributed by atoms with E-state index in [0.717, 1.165) is 23.8 Å². The third kappa shape index (κ3) is 4.72. The Morgan fingerprint density at radius 2 is 1.71 bits per heavy atom. The molecular weight excluding hydrogens is 345 g/mol. The maximum atomic E-state index is 12.7. The van der Waals surface area contributed by atoms with Gasteiger partial charge in [0.15, 0.2) is 0 Å². The van der Waals surface area contributed by atoms with Gasteiger partial charge >= 0.3 is 16.3 Å². The van der Waals surface area contributed by atoms with Crippen LogP contribution >= 0.6 is 0 Å². The van der Waals surface area contributed by atoms with Gasteiger partial charge in [-0.05, 0) is 42.3 Å². The van der Waals surface area contributed by atoms with E-state index in [4.69, 9.17) is 8.92 Å². The zero-order chi connectivity index (χ0) is 17.8. The maximum Gasteiger partial charge on any atom is 0.416 e. The summed E-state index contributed by atoms with van der Waals surface area (Å²) in [6.07, 6.45) is -3.98. The molecule has 0 fully saturated rings. The second kappa shape index (κ2) is 7.23. The van der Waals surface area contributed by atoms with Gasteiger partial charge in [-0.1, -0.05) is 18.2 Å². The molecule has 0 aromatic heterocycles. The summed E-state index contributed by atoms with van der Waals surface area (Å²) in [7, 11) is -2.78. The number of hydrogen-bond acceptors (Lipinski definition) is 4. The van der Waals surface area contributed by atoms with Crippen LogP contribution in [0.25, 0.3) is 0 Å². The van der Waals surface area contributed by atoms with E-state index in [1.807, 2.05) is 0 Å². The second-order valence-electron chi connectivity index (χ2n) is 4.95. The van der Waals surface area contributed by atoms with Crippen molar-refractivity contribution in [2.24, 2.45) is 0 Å². The highest BCUT2D eigenvalue weighted by atomic mass is 32.2. The van der Waals surface area contributed by atoms with Gasteiger partial charge in [0.1, 0.15) is 10.6 Å². The Balaban J connectivity index is 2.19. The van der Waals surface area contributed by atoms with Crippen molar-refractivity contribution in [3.63, 3.8) is 0 Å². The molecule has 0 spiro atoms. The summed E-state index contributed by atoms with van der Waals surface area (Å²) in [6, 6.07) is 9.62. The van der Waals surface area contributed by atoms with Gasteiger partial charge in [0, 0.05) is 7.11 Å². The number of alkyl halides is 3. The number of methoxy groups -OCH3 is 1. The van der Waals surface area contributed by atoms with E-state index < -0.39 is 26.8 Å². The minimum absolute atomic E-state index is 0.0218. The molecule has 0 bridgehead atoms. The van der Waals surface area contributed by atoms with Gasteiger partial charge in [0.2, 0.25) is 0 Å². The fourth-order valence-electron chi connectivity index (χ4n) is 1.93. The molecule has 130 valence electrons. The summed E-state index contributed by atoms with van der Waals surface area (Å²) >= 11 is 0. The molecule has 8 heteroatoms. The first-order chi connectivity index (χ1) is 11.2. The van der Waals surface area contributed by atoms with Crippen molar-refractivity contribution in [3.05, 3.63) is 59.7 Å². The molecule has 0 heterocycles.